The van der Waals surface area contributed by atoms with Gasteiger partial charge in [0, 0.05) is 54.8 Å². The highest BCUT2D eigenvalue weighted by molar-refractivity contribution is 6.35. The first kappa shape index (κ1) is 39.8. The lowest BCUT2D eigenvalue weighted by molar-refractivity contribution is -0.143. The minimum Gasteiger partial charge on any atom is -0.492 e. The van der Waals surface area contributed by atoms with Gasteiger partial charge in [-0.1, -0.05) is 53.5 Å². The van der Waals surface area contributed by atoms with Crippen molar-refractivity contribution in [1.29, 1.82) is 5.26 Å². The maximum atomic E-state index is 11.2. The number of carboxylic acids is 1. The molecule has 2 heterocycles. The van der Waals surface area contributed by atoms with E-state index in [1.54, 1.807) is 24.4 Å². The van der Waals surface area contributed by atoms with Crippen molar-refractivity contribution in [2.75, 3.05) is 39.4 Å². The number of nitrogens with zero attached hydrogens (tertiary/aromatic N) is 3. The van der Waals surface area contributed by atoms with E-state index in [0.717, 1.165) is 48.3 Å². The molecule has 4 aromatic rings. The van der Waals surface area contributed by atoms with E-state index >= 15 is 0 Å². The molecule has 0 bridgehead atoms. The Morgan fingerprint density at radius 1 is 1.00 bits per heavy atom. The second kappa shape index (κ2) is 19.6. The van der Waals surface area contributed by atoms with Gasteiger partial charge in [0.1, 0.15) is 36.5 Å². The van der Waals surface area contributed by atoms with Crippen LogP contribution in [0, 0.1) is 24.2 Å². The summed E-state index contributed by atoms with van der Waals surface area (Å²) in [6, 6.07) is 18.9. The van der Waals surface area contributed by atoms with Crippen molar-refractivity contribution < 1.29 is 34.3 Å². The van der Waals surface area contributed by atoms with Gasteiger partial charge >= 0.3 is 5.97 Å². The number of carbonyl (C=O) groups is 1. The Morgan fingerprint density at radius 3 is 2.51 bits per heavy atom. The van der Waals surface area contributed by atoms with Gasteiger partial charge in [-0.05, 0) is 74.2 Å². The molecule has 0 spiro atoms. The van der Waals surface area contributed by atoms with Gasteiger partial charge in [-0.3, -0.25) is 9.78 Å². The molecule has 0 radical (unpaired) electrons. The van der Waals surface area contributed by atoms with E-state index in [4.69, 9.17) is 37.4 Å². The predicted molar refractivity (Wildman–Crippen MR) is 202 cm³/mol. The van der Waals surface area contributed by atoms with Gasteiger partial charge in [0.25, 0.3) is 0 Å². The van der Waals surface area contributed by atoms with Gasteiger partial charge < -0.3 is 39.7 Å². The van der Waals surface area contributed by atoms with Crippen LogP contribution in [-0.4, -0.2) is 76.7 Å². The molecule has 3 aromatic carbocycles. The van der Waals surface area contributed by atoms with Crippen LogP contribution in [0.1, 0.15) is 47.1 Å². The lowest BCUT2D eigenvalue weighted by Gasteiger charge is -2.29. The summed E-state index contributed by atoms with van der Waals surface area (Å²) in [4.78, 5) is 17.6. The number of carboxylic acid groups (broad SMARTS) is 1. The number of ether oxygens (including phenoxy) is 3. The van der Waals surface area contributed by atoms with Gasteiger partial charge in [0.15, 0.2) is 0 Å². The van der Waals surface area contributed by atoms with Gasteiger partial charge in [-0.15, -0.1) is 0 Å². The second-order valence-electron chi connectivity index (χ2n) is 13.0. The first-order chi connectivity index (χ1) is 25.7. The number of likely N-dealkylation sites (tertiary alicyclic amines) is 1. The SMILES string of the molecule is Cc1c(COc2cc(OCc3cncc(C#N)c3)c(CNCC(O)CO)cc2Cl)cccc1-c1cccc(OCCCN2CCC(C(=O)O)CC2)c1Cl. The highest BCUT2D eigenvalue weighted by Crippen LogP contribution is 2.39. The minimum absolute atomic E-state index is 0.147. The van der Waals surface area contributed by atoms with E-state index in [-0.39, 0.29) is 32.3 Å². The van der Waals surface area contributed by atoms with Crippen molar-refractivity contribution in [3.63, 3.8) is 0 Å². The standard InChI is InChI=1S/C40H44Cl2N4O7/c1-26-30(5-2-6-33(26)34-7-3-8-36(39(34)42)51-14-4-11-46-12-9-29(10-13-46)40(49)50)25-53-38-17-37(52-24-28-15-27(18-43)19-44-20-28)31(16-35(38)41)21-45-22-32(48)23-47/h2-3,5-8,15-17,19-20,29,32,45,47-48H,4,9-14,21-25H2,1H3,(H,49,50). The lowest BCUT2D eigenvalue weighted by Crippen LogP contribution is -2.37. The predicted octanol–water partition coefficient (Wildman–Crippen LogP) is 6.40. The van der Waals surface area contributed by atoms with Crippen LogP contribution in [0.4, 0.5) is 0 Å². The van der Waals surface area contributed by atoms with E-state index in [1.807, 2.05) is 43.3 Å². The molecule has 0 amide bonds. The molecular weight excluding hydrogens is 719 g/mol. The zero-order valence-electron chi connectivity index (χ0n) is 29.6. The average molecular weight is 764 g/mol. The van der Waals surface area contributed by atoms with Gasteiger partial charge in [0.2, 0.25) is 0 Å². The van der Waals surface area contributed by atoms with Gasteiger partial charge in [-0.2, -0.15) is 5.26 Å². The van der Waals surface area contributed by atoms with E-state index in [9.17, 15) is 25.4 Å². The number of aliphatic carboxylic acids is 1. The second-order valence-corrected chi connectivity index (χ2v) is 13.8. The number of halogens is 2. The molecule has 0 aliphatic carbocycles. The monoisotopic (exact) mass is 762 g/mol. The lowest BCUT2D eigenvalue weighted by atomic mass is 9.96. The van der Waals surface area contributed by atoms with E-state index in [2.05, 4.69) is 21.3 Å². The van der Waals surface area contributed by atoms with Crippen LogP contribution >= 0.6 is 23.2 Å². The molecule has 1 aliphatic rings. The molecule has 0 saturated carbocycles. The number of benzene rings is 3. The highest BCUT2D eigenvalue weighted by Gasteiger charge is 2.24. The molecule has 1 fully saturated rings. The van der Waals surface area contributed by atoms with Crippen molar-refractivity contribution in [3.05, 3.63) is 105 Å². The fourth-order valence-corrected chi connectivity index (χ4v) is 6.70. The third-order valence-corrected chi connectivity index (χ3v) is 9.92. The zero-order valence-corrected chi connectivity index (χ0v) is 31.1. The van der Waals surface area contributed by atoms with E-state index in [1.165, 1.54) is 6.20 Å². The molecule has 1 unspecified atom stereocenters. The first-order valence-electron chi connectivity index (χ1n) is 17.5. The summed E-state index contributed by atoms with van der Waals surface area (Å²) < 4.78 is 18.6. The summed E-state index contributed by atoms with van der Waals surface area (Å²) >= 11 is 13.6. The molecule has 11 nitrogen and oxygen atoms in total. The van der Waals surface area contributed by atoms with Crippen molar-refractivity contribution in [1.82, 2.24) is 15.2 Å². The van der Waals surface area contributed by atoms with E-state index in [0.29, 0.717) is 70.0 Å². The highest BCUT2D eigenvalue weighted by atomic mass is 35.5. The molecule has 280 valence electrons. The number of nitrogens with one attached hydrogen (secondary N) is 1. The zero-order chi connectivity index (χ0) is 37.7. The molecule has 1 aromatic heterocycles. The number of hydrogen-bond acceptors (Lipinski definition) is 10. The Balaban J connectivity index is 1.25. The Hall–Kier alpha value is -4.41. The minimum atomic E-state index is -0.909. The van der Waals surface area contributed by atoms with Gasteiger partial charge in [-0.25, -0.2) is 0 Å². The third-order valence-electron chi connectivity index (χ3n) is 9.24. The summed E-state index contributed by atoms with van der Waals surface area (Å²) in [5, 5.41) is 41.5. The van der Waals surface area contributed by atoms with Crippen LogP contribution in [0.15, 0.2) is 67.0 Å². The number of nitriles is 1. The van der Waals surface area contributed by atoms with Crippen LogP contribution < -0.4 is 19.5 Å². The molecule has 1 atom stereocenters. The topological polar surface area (TPSA) is 157 Å². The van der Waals surface area contributed by atoms with Crippen LogP contribution in [-0.2, 0) is 24.6 Å². The van der Waals surface area contributed by atoms with Crippen molar-refractivity contribution in [2.24, 2.45) is 5.92 Å². The van der Waals surface area contributed by atoms with Crippen molar-refractivity contribution in [3.8, 4) is 34.4 Å². The van der Waals surface area contributed by atoms with Crippen LogP contribution in [0.3, 0.4) is 0 Å². The Labute approximate surface area is 319 Å². The summed E-state index contributed by atoms with van der Waals surface area (Å²) in [5.41, 5.74) is 5.55. The van der Waals surface area contributed by atoms with Crippen LogP contribution in [0.5, 0.6) is 17.2 Å². The molecule has 1 aliphatic heterocycles. The van der Waals surface area contributed by atoms with Crippen molar-refractivity contribution in [2.45, 2.75) is 52.0 Å². The number of hydrogen-bond donors (Lipinski definition) is 4. The largest absolute Gasteiger partial charge is 0.492 e. The smallest absolute Gasteiger partial charge is 0.306 e. The number of aromatic nitrogens is 1. The quantitative estimate of drug-likeness (QED) is 0.0832. The molecule has 13 heteroatoms. The summed E-state index contributed by atoms with van der Waals surface area (Å²) in [6.07, 6.45) is 4.36. The summed E-state index contributed by atoms with van der Waals surface area (Å²) in [5.74, 6) is 0.560. The Bertz CT molecular complexity index is 1900. The van der Waals surface area contributed by atoms with Crippen LogP contribution in [0.25, 0.3) is 11.1 Å². The fraction of sp³-hybridized carbons (Fsp3) is 0.375. The molecule has 53 heavy (non-hydrogen) atoms. The Morgan fingerprint density at radius 2 is 1.75 bits per heavy atom. The number of piperidine rings is 1. The summed E-state index contributed by atoms with van der Waals surface area (Å²) in [6.45, 7) is 5.38. The number of pyridine rings is 1. The molecule has 4 N–H and O–H groups in total. The molecular formula is C40H44Cl2N4O7. The first-order valence-corrected chi connectivity index (χ1v) is 18.3. The molecule has 1 saturated heterocycles. The maximum absolute atomic E-state index is 11.2. The van der Waals surface area contributed by atoms with E-state index < -0.39 is 12.1 Å². The maximum Gasteiger partial charge on any atom is 0.306 e. The molecule has 5 rings (SSSR count). The van der Waals surface area contributed by atoms with Gasteiger partial charge in [0.05, 0.1) is 40.8 Å². The number of aliphatic hydroxyl groups excluding tert-OH is 2. The summed E-state index contributed by atoms with van der Waals surface area (Å²) in [7, 11) is 0. The van der Waals surface area contributed by atoms with Crippen molar-refractivity contribution >= 4 is 29.2 Å². The number of rotatable bonds is 18. The number of aliphatic hydroxyl groups is 2. The third kappa shape index (κ3) is 11.1. The fourth-order valence-electron chi connectivity index (χ4n) is 6.18. The van der Waals surface area contributed by atoms with Crippen LogP contribution in [0.2, 0.25) is 10.0 Å². The Kier molecular flexibility index (Phi) is 14.7. The normalized spacial score (nSPS) is 14.0. The average Bonchev–Trinajstić information content (AvgIpc) is 3.17.